The third-order valence-electron chi connectivity index (χ3n) is 5.03. The van der Waals surface area contributed by atoms with Crippen LogP contribution in [0.2, 0.25) is 0 Å². The number of carbonyl (C=O) groups excluding carboxylic acids is 2. The van der Waals surface area contributed by atoms with Gasteiger partial charge in [-0.05, 0) is 35.4 Å². The first-order valence-electron chi connectivity index (χ1n) is 8.91. The molecule has 1 heterocycles. The van der Waals surface area contributed by atoms with Gasteiger partial charge < -0.3 is 10.2 Å². The molecule has 25 heavy (non-hydrogen) atoms. The second-order valence-corrected chi connectivity index (χ2v) is 6.97. The second kappa shape index (κ2) is 6.71. The van der Waals surface area contributed by atoms with E-state index in [1.165, 1.54) is 12.8 Å². The SMILES string of the molecule is O=C(NCC1CC1)C1c2ccccc2CC(=O)N1Cc1ccccc1. The zero-order chi connectivity index (χ0) is 17.2. The number of rotatable bonds is 5. The summed E-state index contributed by atoms with van der Waals surface area (Å²) in [5.41, 5.74) is 2.95. The molecule has 2 amide bonds. The summed E-state index contributed by atoms with van der Waals surface area (Å²) in [6.45, 7) is 1.17. The van der Waals surface area contributed by atoms with Crippen molar-refractivity contribution >= 4 is 11.8 Å². The lowest BCUT2D eigenvalue weighted by Crippen LogP contribution is -2.47. The highest BCUT2D eigenvalue weighted by Crippen LogP contribution is 2.33. The van der Waals surface area contributed by atoms with E-state index in [4.69, 9.17) is 0 Å². The predicted molar refractivity (Wildman–Crippen MR) is 95.6 cm³/mol. The molecule has 2 aliphatic rings. The van der Waals surface area contributed by atoms with Gasteiger partial charge in [0.2, 0.25) is 11.8 Å². The van der Waals surface area contributed by atoms with E-state index in [0.29, 0.717) is 25.4 Å². The molecule has 0 radical (unpaired) electrons. The van der Waals surface area contributed by atoms with Crippen molar-refractivity contribution in [1.82, 2.24) is 10.2 Å². The standard InChI is InChI=1S/C21H22N2O2/c24-19-12-17-8-4-5-9-18(17)20(21(25)22-13-15-10-11-15)23(19)14-16-6-2-1-3-7-16/h1-9,15,20H,10-14H2,(H,22,25). The van der Waals surface area contributed by atoms with Crippen LogP contribution in [0.5, 0.6) is 0 Å². The first kappa shape index (κ1) is 15.9. The first-order chi connectivity index (χ1) is 12.2. The van der Waals surface area contributed by atoms with Crippen molar-refractivity contribution in [2.75, 3.05) is 6.54 Å². The van der Waals surface area contributed by atoms with E-state index in [1.54, 1.807) is 4.90 Å². The van der Waals surface area contributed by atoms with E-state index in [-0.39, 0.29) is 11.8 Å². The highest BCUT2D eigenvalue weighted by Gasteiger charge is 2.37. The Labute approximate surface area is 147 Å². The van der Waals surface area contributed by atoms with Gasteiger partial charge >= 0.3 is 0 Å². The molecule has 1 N–H and O–H groups in total. The lowest BCUT2D eigenvalue weighted by atomic mass is 9.91. The molecule has 128 valence electrons. The van der Waals surface area contributed by atoms with E-state index in [1.807, 2.05) is 54.6 Å². The van der Waals surface area contributed by atoms with E-state index in [2.05, 4.69) is 5.32 Å². The zero-order valence-corrected chi connectivity index (χ0v) is 14.2. The highest BCUT2D eigenvalue weighted by molar-refractivity contribution is 5.92. The monoisotopic (exact) mass is 334 g/mol. The number of amides is 2. The quantitative estimate of drug-likeness (QED) is 0.914. The molecule has 1 aliphatic heterocycles. The summed E-state index contributed by atoms with van der Waals surface area (Å²) in [4.78, 5) is 27.4. The van der Waals surface area contributed by atoms with Crippen molar-refractivity contribution in [3.05, 3.63) is 71.3 Å². The maximum atomic E-state index is 12.9. The fourth-order valence-corrected chi connectivity index (χ4v) is 3.44. The van der Waals surface area contributed by atoms with Gasteiger partial charge in [0.1, 0.15) is 6.04 Å². The normalized spacial score (nSPS) is 19.4. The minimum absolute atomic E-state index is 0.00845. The van der Waals surface area contributed by atoms with Crippen LogP contribution in [0.25, 0.3) is 0 Å². The van der Waals surface area contributed by atoms with Crippen LogP contribution in [-0.4, -0.2) is 23.3 Å². The third-order valence-corrected chi connectivity index (χ3v) is 5.03. The fraction of sp³-hybridized carbons (Fsp3) is 0.333. The van der Waals surface area contributed by atoms with Gasteiger partial charge in [-0.15, -0.1) is 0 Å². The minimum atomic E-state index is -0.545. The van der Waals surface area contributed by atoms with Crippen molar-refractivity contribution in [2.24, 2.45) is 5.92 Å². The van der Waals surface area contributed by atoms with Gasteiger partial charge in [-0.3, -0.25) is 9.59 Å². The Kier molecular flexibility index (Phi) is 4.26. The highest BCUT2D eigenvalue weighted by atomic mass is 16.2. The average molecular weight is 334 g/mol. The van der Waals surface area contributed by atoms with Gasteiger partial charge in [-0.25, -0.2) is 0 Å². The molecule has 1 fully saturated rings. The molecule has 0 spiro atoms. The Hall–Kier alpha value is -2.62. The van der Waals surface area contributed by atoms with E-state index in [9.17, 15) is 9.59 Å². The van der Waals surface area contributed by atoms with E-state index < -0.39 is 6.04 Å². The molecule has 1 atom stereocenters. The maximum absolute atomic E-state index is 12.9. The Bertz CT molecular complexity index is 783. The molecule has 0 saturated heterocycles. The summed E-state index contributed by atoms with van der Waals surface area (Å²) in [5, 5.41) is 3.06. The van der Waals surface area contributed by atoms with Gasteiger partial charge in [0.25, 0.3) is 0 Å². The zero-order valence-electron chi connectivity index (χ0n) is 14.2. The van der Waals surface area contributed by atoms with E-state index in [0.717, 1.165) is 16.7 Å². The maximum Gasteiger partial charge on any atom is 0.247 e. The molecule has 1 saturated carbocycles. The van der Waals surface area contributed by atoms with Gasteiger partial charge in [0, 0.05) is 13.1 Å². The summed E-state index contributed by atoms with van der Waals surface area (Å²) in [6.07, 6.45) is 2.73. The lowest BCUT2D eigenvalue weighted by Gasteiger charge is -2.36. The lowest BCUT2D eigenvalue weighted by molar-refractivity contribution is -0.142. The molecule has 0 bridgehead atoms. The van der Waals surface area contributed by atoms with Gasteiger partial charge in [0.15, 0.2) is 0 Å². The summed E-state index contributed by atoms with van der Waals surface area (Å²) < 4.78 is 0. The van der Waals surface area contributed by atoms with Gasteiger partial charge in [0.05, 0.1) is 6.42 Å². The smallest absolute Gasteiger partial charge is 0.247 e. The Morgan fingerprint density at radius 1 is 1.04 bits per heavy atom. The Balaban J connectivity index is 1.64. The van der Waals surface area contributed by atoms with Gasteiger partial charge in [-0.2, -0.15) is 0 Å². The van der Waals surface area contributed by atoms with Crippen LogP contribution in [0.4, 0.5) is 0 Å². The predicted octanol–water partition coefficient (Wildman–Crippen LogP) is 2.84. The molecular formula is C21H22N2O2. The number of nitrogens with zero attached hydrogens (tertiary/aromatic N) is 1. The number of nitrogens with one attached hydrogen (secondary N) is 1. The third kappa shape index (κ3) is 3.43. The van der Waals surface area contributed by atoms with Crippen molar-refractivity contribution < 1.29 is 9.59 Å². The summed E-state index contributed by atoms with van der Waals surface area (Å²) >= 11 is 0. The molecule has 4 rings (SSSR count). The molecule has 0 aromatic heterocycles. The number of fused-ring (bicyclic) bond motifs is 1. The number of benzene rings is 2. The molecular weight excluding hydrogens is 312 g/mol. The summed E-state index contributed by atoms with van der Waals surface area (Å²) in [7, 11) is 0. The topological polar surface area (TPSA) is 49.4 Å². The molecule has 1 unspecified atom stereocenters. The summed E-state index contributed by atoms with van der Waals surface area (Å²) in [6, 6.07) is 17.1. The largest absolute Gasteiger partial charge is 0.354 e. The van der Waals surface area contributed by atoms with Gasteiger partial charge in [-0.1, -0.05) is 54.6 Å². The molecule has 2 aromatic rings. The molecule has 2 aromatic carbocycles. The van der Waals surface area contributed by atoms with E-state index >= 15 is 0 Å². The molecule has 1 aliphatic carbocycles. The first-order valence-corrected chi connectivity index (χ1v) is 8.91. The van der Waals surface area contributed by atoms with Crippen LogP contribution in [-0.2, 0) is 22.6 Å². The number of hydrogen-bond acceptors (Lipinski definition) is 2. The number of carbonyl (C=O) groups is 2. The number of hydrogen-bond donors (Lipinski definition) is 1. The van der Waals surface area contributed by atoms with Crippen molar-refractivity contribution in [2.45, 2.75) is 31.8 Å². The van der Waals surface area contributed by atoms with Crippen molar-refractivity contribution in [3.8, 4) is 0 Å². The van der Waals surface area contributed by atoms with Crippen LogP contribution < -0.4 is 5.32 Å². The fourth-order valence-electron chi connectivity index (χ4n) is 3.44. The molecule has 4 nitrogen and oxygen atoms in total. The Morgan fingerprint density at radius 3 is 2.52 bits per heavy atom. The van der Waals surface area contributed by atoms with Crippen molar-refractivity contribution in [3.63, 3.8) is 0 Å². The van der Waals surface area contributed by atoms with Crippen LogP contribution >= 0.6 is 0 Å². The van der Waals surface area contributed by atoms with Crippen molar-refractivity contribution in [1.29, 1.82) is 0 Å². The van der Waals surface area contributed by atoms with Crippen LogP contribution in [0.15, 0.2) is 54.6 Å². The average Bonchev–Trinajstić information content (AvgIpc) is 3.46. The van der Waals surface area contributed by atoms with Crippen LogP contribution in [0.1, 0.15) is 35.6 Å². The summed E-state index contributed by atoms with van der Waals surface area (Å²) in [5.74, 6) is 0.554. The second-order valence-electron chi connectivity index (χ2n) is 6.97. The van der Waals surface area contributed by atoms with Crippen LogP contribution in [0.3, 0.4) is 0 Å². The Morgan fingerprint density at radius 2 is 1.76 bits per heavy atom. The van der Waals surface area contributed by atoms with Crippen LogP contribution in [0, 0.1) is 5.92 Å². The minimum Gasteiger partial charge on any atom is -0.354 e. The molecule has 4 heteroatoms.